The van der Waals surface area contributed by atoms with Gasteiger partial charge in [-0.2, -0.15) is 0 Å². The third-order valence-corrected chi connectivity index (χ3v) is 5.26. The Kier molecular flexibility index (Phi) is 6.48. The van der Waals surface area contributed by atoms with Gasteiger partial charge in [-0.15, -0.1) is 0 Å². The average Bonchev–Trinajstić information content (AvgIpc) is 3.14. The van der Waals surface area contributed by atoms with E-state index >= 15 is 0 Å². The van der Waals surface area contributed by atoms with E-state index < -0.39 is 0 Å². The van der Waals surface area contributed by atoms with Gasteiger partial charge in [0, 0.05) is 5.69 Å². The SMILES string of the molecule is Cc1ccccc1NC(=S)N(CC[NH+]1CCCCC1)Cc1ccco1. The average molecular weight is 359 g/mol. The van der Waals surface area contributed by atoms with Crippen LogP contribution in [0.15, 0.2) is 47.1 Å². The molecule has 25 heavy (non-hydrogen) atoms. The van der Waals surface area contributed by atoms with Gasteiger partial charge in [0.05, 0.1) is 39.0 Å². The smallest absolute Gasteiger partial charge is 0.174 e. The monoisotopic (exact) mass is 358 g/mol. The number of rotatable bonds is 6. The number of quaternary nitrogens is 1. The van der Waals surface area contributed by atoms with Gasteiger partial charge in [0.15, 0.2) is 5.11 Å². The number of nitrogens with one attached hydrogen (secondary N) is 2. The summed E-state index contributed by atoms with van der Waals surface area (Å²) in [6.07, 6.45) is 5.80. The first-order valence-corrected chi connectivity index (χ1v) is 9.61. The fraction of sp³-hybridized carbons (Fsp3) is 0.450. The largest absolute Gasteiger partial charge is 0.467 e. The minimum absolute atomic E-state index is 0.706. The van der Waals surface area contributed by atoms with Gasteiger partial charge in [-0.25, -0.2) is 0 Å². The van der Waals surface area contributed by atoms with Gasteiger partial charge in [-0.1, -0.05) is 18.2 Å². The van der Waals surface area contributed by atoms with Crippen LogP contribution in [0.25, 0.3) is 0 Å². The summed E-state index contributed by atoms with van der Waals surface area (Å²) in [5, 5.41) is 4.18. The summed E-state index contributed by atoms with van der Waals surface area (Å²) >= 11 is 5.72. The zero-order valence-electron chi connectivity index (χ0n) is 15.0. The second-order valence-electron chi connectivity index (χ2n) is 6.81. The van der Waals surface area contributed by atoms with Crippen LogP contribution in [0.4, 0.5) is 5.69 Å². The Bertz CT molecular complexity index is 665. The van der Waals surface area contributed by atoms with E-state index in [4.69, 9.17) is 16.6 Å². The van der Waals surface area contributed by atoms with E-state index in [1.807, 2.05) is 24.3 Å². The number of para-hydroxylation sites is 1. The molecule has 134 valence electrons. The van der Waals surface area contributed by atoms with Crippen molar-refractivity contribution >= 4 is 23.0 Å². The normalized spacial score (nSPS) is 15.1. The van der Waals surface area contributed by atoms with Gasteiger partial charge in [0.2, 0.25) is 0 Å². The number of benzene rings is 1. The number of likely N-dealkylation sites (tertiary alicyclic amines) is 1. The highest BCUT2D eigenvalue weighted by Gasteiger charge is 2.18. The van der Waals surface area contributed by atoms with Crippen LogP contribution >= 0.6 is 12.2 Å². The number of anilines is 1. The van der Waals surface area contributed by atoms with Gasteiger partial charge in [-0.05, 0) is 62.2 Å². The zero-order valence-corrected chi connectivity index (χ0v) is 15.8. The van der Waals surface area contributed by atoms with Crippen molar-refractivity contribution in [1.82, 2.24) is 4.90 Å². The van der Waals surface area contributed by atoms with E-state index in [9.17, 15) is 0 Å². The van der Waals surface area contributed by atoms with Gasteiger partial charge in [-0.3, -0.25) is 0 Å². The fourth-order valence-electron chi connectivity index (χ4n) is 3.35. The molecule has 2 N–H and O–H groups in total. The first kappa shape index (κ1) is 18.0. The van der Waals surface area contributed by atoms with Gasteiger partial charge in [0.25, 0.3) is 0 Å². The van der Waals surface area contributed by atoms with Crippen LogP contribution in [0.3, 0.4) is 0 Å². The molecule has 0 bridgehead atoms. The fourth-order valence-corrected chi connectivity index (χ4v) is 3.61. The quantitative estimate of drug-likeness (QED) is 0.778. The minimum Gasteiger partial charge on any atom is -0.467 e. The van der Waals surface area contributed by atoms with Crippen LogP contribution in [-0.2, 0) is 6.54 Å². The van der Waals surface area contributed by atoms with Crippen molar-refractivity contribution in [3.63, 3.8) is 0 Å². The standard InChI is InChI=1S/C20H27N3OS/c1-17-8-3-4-10-19(17)21-20(25)23(16-18-9-7-15-24-18)14-13-22-11-5-2-6-12-22/h3-4,7-10,15H,2,5-6,11-14,16H2,1H3,(H,21,25)/p+1. The topological polar surface area (TPSA) is 32.9 Å². The third-order valence-electron chi connectivity index (χ3n) is 4.90. The summed E-state index contributed by atoms with van der Waals surface area (Å²) in [5.41, 5.74) is 2.27. The Morgan fingerprint density at radius 2 is 1.96 bits per heavy atom. The second kappa shape index (κ2) is 9.02. The van der Waals surface area contributed by atoms with E-state index in [0.29, 0.717) is 6.54 Å². The number of thiocarbonyl (C=S) groups is 1. The Hall–Kier alpha value is -1.85. The molecule has 0 saturated carbocycles. The highest BCUT2D eigenvalue weighted by atomic mass is 32.1. The highest BCUT2D eigenvalue weighted by molar-refractivity contribution is 7.80. The Morgan fingerprint density at radius 1 is 1.16 bits per heavy atom. The Labute approximate surface area is 155 Å². The van der Waals surface area contributed by atoms with Crippen LogP contribution in [0.1, 0.15) is 30.6 Å². The molecule has 1 aromatic heterocycles. The van der Waals surface area contributed by atoms with E-state index in [2.05, 4.69) is 29.3 Å². The molecular weight excluding hydrogens is 330 g/mol. The molecule has 5 heteroatoms. The van der Waals surface area contributed by atoms with Crippen LogP contribution in [0.5, 0.6) is 0 Å². The molecule has 0 aliphatic carbocycles. The van der Waals surface area contributed by atoms with E-state index in [1.54, 1.807) is 11.2 Å². The molecule has 3 rings (SSSR count). The van der Waals surface area contributed by atoms with Gasteiger partial charge >= 0.3 is 0 Å². The summed E-state index contributed by atoms with van der Waals surface area (Å²) in [6.45, 7) is 7.43. The maximum atomic E-state index is 5.72. The number of nitrogens with zero attached hydrogens (tertiary/aromatic N) is 1. The number of hydrogen-bond donors (Lipinski definition) is 2. The molecule has 0 unspecified atom stereocenters. The number of piperidine rings is 1. The maximum Gasteiger partial charge on any atom is 0.174 e. The first-order valence-electron chi connectivity index (χ1n) is 9.20. The Balaban J connectivity index is 1.64. The first-order chi connectivity index (χ1) is 12.2. The van der Waals surface area contributed by atoms with E-state index in [-0.39, 0.29) is 0 Å². The number of aryl methyl sites for hydroxylation is 1. The molecule has 0 atom stereocenters. The number of hydrogen-bond acceptors (Lipinski definition) is 2. The molecule has 0 spiro atoms. The molecule has 4 nitrogen and oxygen atoms in total. The van der Waals surface area contributed by atoms with Crippen LogP contribution in [0, 0.1) is 6.92 Å². The lowest BCUT2D eigenvalue weighted by Gasteiger charge is -2.29. The minimum atomic E-state index is 0.706. The van der Waals surface area contributed by atoms with Crippen molar-refractivity contribution in [1.29, 1.82) is 0 Å². The van der Waals surface area contributed by atoms with Crippen LogP contribution in [-0.4, -0.2) is 36.2 Å². The molecule has 1 saturated heterocycles. The molecule has 1 aromatic carbocycles. The van der Waals surface area contributed by atoms with Crippen molar-refractivity contribution < 1.29 is 9.32 Å². The second-order valence-corrected chi connectivity index (χ2v) is 7.19. The molecule has 2 heterocycles. The van der Waals surface area contributed by atoms with E-state index in [1.165, 1.54) is 37.9 Å². The summed E-state index contributed by atoms with van der Waals surface area (Å²) in [6, 6.07) is 12.2. The van der Waals surface area contributed by atoms with Gasteiger partial charge in [0.1, 0.15) is 5.76 Å². The summed E-state index contributed by atoms with van der Waals surface area (Å²) in [7, 11) is 0. The predicted octanol–water partition coefficient (Wildman–Crippen LogP) is 2.86. The lowest BCUT2D eigenvalue weighted by Crippen LogP contribution is -3.13. The van der Waals surface area contributed by atoms with Crippen molar-refractivity contribution in [2.75, 3.05) is 31.5 Å². The molecule has 0 amide bonds. The molecular formula is C20H28N3OS+. The predicted molar refractivity (Wildman–Crippen MR) is 106 cm³/mol. The van der Waals surface area contributed by atoms with Crippen molar-refractivity contribution in [3.05, 3.63) is 54.0 Å². The highest BCUT2D eigenvalue weighted by Crippen LogP contribution is 2.15. The van der Waals surface area contributed by atoms with E-state index in [0.717, 1.165) is 29.6 Å². The lowest BCUT2D eigenvalue weighted by atomic mass is 10.1. The zero-order chi connectivity index (χ0) is 17.5. The van der Waals surface area contributed by atoms with Gasteiger partial charge < -0.3 is 19.5 Å². The van der Waals surface area contributed by atoms with Crippen molar-refractivity contribution in [3.8, 4) is 0 Å². The van der Waals surface area contributed by atoms with Crippen LogP contribution < -0.4 is 10.2 Å². The molecule has 1 fully saturated rings. The van der Waals surface area contributed by atoms with Crippen LogP contribution in [0.2, 0.25) is 0 Å². The number of furan rings is 1. The van der Waals surface area contributed by atoms with Crippen molar-refractivity contribution in [2.24, 2.45) is 0 Å². The lowest BCUT2D eigenvalue weighted by molar-refractivity contribution is -0.904. The molecule has 0 radical (unpaired) electrons. The summed E-state index contributed by atoms with van der Waals surface area (Å²) in [5.74, 6) is 0.947. The van der Waals surface area contributed by atoms with Crippen molar-refractivity contribution in [2.45, 2.75) is 32.7 Å². The third kappa shape index (κ3) is 5.31. The maximum absolute atomic E-state index is 5.72. The molecule has 1 aliphatic rings. The summed E-state index contributed by atoms with van der Waals surface area (Å²) < 4.78 is 5.54. The summed E-state index contributed by atoms with van der Waals surface area (Å²) in [4.78, 5) is 3.91. The Morgan fingerprint density at radius 3 is 2.68 bits per heavy atom. The molecule has 1 aliphatic heterocycles. The molecule has 2 aromatic rings.